The Bertz CT molecular complexity index is 601. The molecule has 0 atom stereocenters. The van der Waals surface area contributed by atoms with Crippen LogP contribution in [0.2, 0.25) is 5.02 Å². The molecule has 0 saturated carbocycles. The van der Waals surface area contributed by atoms with Crippen LogP contribution in [-0.2, 0) is 13.1 Å². The molecule has 0 aliphatic rings. The van der Waals surface area contributed by atoms with Gasteiger partial charge in [-0.1, -0.05) is 24.6 Å². The Morgan fingerprint density at radius 3 is 2.67 bits per heavy atom. The minimum atomic E-state index is -0.00815. The van der Waals surface area contributed by atoms with Crippen LogP contribution in [0.3, 0.4) is 0 Å². The summed E-state index contributed by atoms with van der Waals surface area (Å²) in [4.78, 5) is 12.0. The van der Waals surface area contributed by atoms with Gasteiger partial charge in [-0.05, 0) is 24.1 Å². The topological polar surface area (TPSA) is 52.9 Å². The van der Waals surface area contributed by atoms with E-state index in [-0.39, 0.29) is 5.69 Å². The van der Waals surface area contributed by atoms with E-state index in [0.717, 1.165) is 18.5 Å². The molecule has 4 nitrogen and oxygen atoms in total. The minimum Gasteiger partial charge on any atom is -0.398 e. The number of imidazole rings is 1. The lowest BCUT2D eigenvalue weighted by Crippen LogP contribution is -2.24. The van der Waals surface area contributed by atoms with Crippen LogP contribution in [0.1, 0.15) is 18.9 Å². The Morgan fingerprint density at radius 2 is 2.00 bits per heavy atom. The molecule has 1 aromatic carbocycles. The molecule has 0 fully saturated rings. The summed E-state index contributed by atoms with van der Waals surface area (Å²) in [6, 6.07) is 5.33. The number of benzene rings is 1. The van der Waals surface area contributed by atoms with Crippen LogP contribution in [0.5, 0.6) is 0 Å². The summed E-state index contributed by atoms with van der Waals surface area (Å²) in [5.74, 6) is 0. The van der Waals surface area contributed by atoms with Gasteiger partial charge in [0.05, 0.1) is 6.54 Å². The van der Waals surface area contributed by atoms with Gasteiger partial charge >= 0.3 is 5.69 Å². The molecule has 2 rings (SSSR count). The maximum absolute atomic E-state index is 12.0. The number of anilines is 1. The first kappa shape index (κ1) is 12.8. The van der Waals surface area contributed by atoms with E-state index in [9.17, 15) is 4.79 Å². The number of hydrogen-bond donors (Lipinski definition) is 1. The van der Waals surface area contributed by atoms with Crippen LogP contribution in [-0.4, -0.2) is 9.13 Å². The van der Waals surface area contributed by atoms with Gasteiger partial charge in [0.1, 0.15) is 0 Å². The molecule has 96 valence electrons. The summed E-state index contributed by atoms with van der Waals surface area (Å²) in [7, 11) is 0. The molecule has 1 aromatic heterocycles. The lowest BCUT2D eigenvalue weighted by molar-refractivity contribution is 0.624. The minimum absolute atomic E-state index is 0.00815. The second-order valence-corrected chi connectivity index (χ2v) is 4.68. The molecule has 1 heterocycles. The summed E-state index contributed by atoms with van der Waals surface area (Å²) in [5.41, 5.74) is 7.38. The standard InChI is InChI=1S/C13H16ClN3O/c1-2-5-16-6-7-17(13(16)18)9-10-3-4-11(14)8-12(10)15/h3-4,6-8H,2,5,9,15H2,1H3. The van der Waals surface area contributed by atoms with Gasteiger partial charge in [0.15, 0.2) is 0 Å². The molecule has 0 bridgehead atoms. The van der Waals surface area contributed by atoms with Gasteiger partial charge in [-0.25, -0.2) is 4.79 Å². The van der Waals surface area contributed by atoms with Gasteiger partial charge in [-0.15, -0.1) is 0 Å². The quantitative estimate of drug-likeness (QED) is 0.863. The zero-order valence-electron chi connectivity index (χ0n) is 10.3. The van der Waals surface area contributed by atoms with E-state index in [1.165, 1.54) is 0 Å². The average Bonchev–Trinajstić information content (AvgIpc) is 2.66. The van der Waals surface area contributed by atoms with Gasteiger partial charge in [0.2, 0.25) is 0 Å². The van der Waals surface area contributed by atoms with E-state index in [2.05, 4.69) is 0 Å². The Hall–Kier alpha value is -1.68. The Kier molecular flexibility index (Phi) is 3.77. The first-order chi connectivity index (χ1) is 8.61. The van der Waals surface area contributed by atoms with E-state index < -0.39 is 0 Å². The molecule has 0 spiro atoms. The summed E-state index contributed by atoms with van der Waals surface area (Å²) < 4.78 is 3.35. The van der Waals surface area contributed by atoms with Gasteiger partial charge in [0.25, 0.3) is 0 Å². The highest BCUT2D eigenvalue weighted by Gasteiger charge is 2.05. The lowest BCUT2D eigenvalue weighted by atomic mass is 10.2. The van der Waals surface area contributed by atoms with E-state index in [0.29, 0.717) is 17.3 Å². The number of hydrogen-bond acceptors (Lipinski definition) is 2. The van der Waals surface area contributed by atoms with Gasteiger partial charge in [-0.3, -0.25) is 9.13 Å². The van der Waals surface area contributed by atoms with E-state index >= 15 is 0 Å². The van der Waals surface area contributed by atoms with Crippen molar-refractivity contribution in [2.45, 2.75) is 26.4 Å². The van der Waals surface area contributed by atoms with Crippen molar-refractivity contribution in [2.75, 3.05) is 5.73 Å². The number of halogens is 1. The number of nitrogen functional groups attached to an aromatic ring is 1. The van der Waals surface area contributed by atoms with Crippen LogP contribution in [0.25, 0.3) is 0 Å². The second-order valence-electron chi connectivity index (χ2n) is 4.25. The maximum Gasteiger partial charge on any atom is 0.328 e. The zero-order chi connectivity index (χ0) is 13.1. The molecule has 0 aliphatic heterocycles. The van der Waals surface area contributed by atoms with Crippen molar-refractivity contribution in [3.63, 3.8) is 0 Å². The van der Waals surface area contributed by atoms with Gasteiger partial charge in [0, 0.05) is 29.6 Å². The first-order valence-electron chi connectivity index (χ1n) is 5.91. The van der Waals surface area contributed by atoms with Crippen molar-refractivity contribution in [1.29, 1.82) is 0 Å². The van der Waals surface area contributed by atoms with Crippen LogP contribution in [0.15, 0.2) is 35.4 Å². The predicted octanol–water partition coefficient (Wildman–Crippen LogP) is 2.34. The number of aryl methyl sites for hydroxylation is 1. The molecule has 0 aliphatic carbocycles. The van der Waals surface area contributed by atoms with E-state index in [1.54, 1.807) is 33.7 Å². The Balaban J connectivity index is 2.26. The van der Waals surface area contributed by atoms with Crippen LogP contribution in [0.4, 0.5) is 5.69 Å². The summed E-state index contributed by atoms with van der Waals surface area (Å²) >= 11 is 5.84. The second kappa shape index (κ2) is 5.31. The molecular formula is C13H16ClN3O. The molecule has 0 unspecified atom stereocenters. The van der Waals surface area contributed by atoms with Crippen molar-refractivity contribution in [1.82, 2.24) is 9.13 Å². The zero-order valence-corrected chi connectivity index (χ0v) is 11.0. The third-order valence-electron chi connectivity index (χ3n) is 2.83. The predicted molar refractivity (Wildman–Crippen MR) is 73.9 cm³/mol. The van der Waals surface area contributed by atoms with Gasteiger partial charge in [-0.2, -0.15) is 0 Å². The molecule has 0 radical (unpaired) electrons. The summed E-state index contributed by atoms with van der Waals surface area (Å²) in [6.45, 7) is 3.25. The monoisotopic (exact) mass is 265 g/mol. The maximum atomic E-state index is 12.0. The Labute approximate surface area is 111 Å². The van der Waals surface area contributed by atoms with Crippen molar-refractivity contribution >= 4 is 17.3 Å². The van der Waals surface area contributed by atoms with Crippen LogP contribution in [0, 0.1) is 0 Å². The van der Waals surface area contributed by atoms with E-state index in [1.807, 2.05) is 13.0 Å². The largest absolute Gasteiger partial charge is 0.398 e. The molecule has 2 aromatic rings. The normalized spacial score (nSPS) is 10.8. The van der Waals surface area contributed by atoms with Crippen LogP contribution < -0.4 is 11.4 Å². The van der Waals surface area contributed by atoms with Crippen molar-refractivity contribution in [2.24, 2.45) is 0 Å². The van der Waals surface area contributed by atoms with Crippen molar-refractivity contribution < 1.29 is 0 Å². The van der Waals surface area contributed by atoms with Crippen molar-refractivity contribution in [3.05, 3.63) is 51.7 Å². The highest BCUT2D eigenvalue weighted by molar-refractivity contribution is 6.30. The molecule has 5 heteroatoms. The molecule has 0 amide bonds. The average molecular weight is 266 g/mol. The lowest BCUT2D eigenvalue weighted by Gasteiger charge is -2.06. The third-order valence-corrected chi connectivity index (χ3v) is 3.07. The number of nitrogens with two attached hydrogens (primary N) is 1. The fourth-order valence-corrected chi connectivity index (χ4v) is 2.06. The van der Waals surface area contributed by atoms with Crippen LogP contribution >= 0.6 is 11.6 Å². The Morgan fingerprint density at radius 1 is 1.28 bits per heavy atom. The van der Waals surface area contributed by atoms with Crippen molar-refractivity contribution in [3.8, 4) is 0 Å². The molecule has 0 saturated heterocycles. The fourth-order valence-electron chi connectivity index (χ4n) is 1.88. The third kappa shape index (κ3) is 2.59. The molecule has 2 N–H and O–H groups in total. The summed E-state index contributed by atoms with van der Waals surface area (Å²) in [6.07, 6.45) is 4.52. The highest BCUT2D eigenvalue weighted by Crippen LogP contribution is 2.18. The molecule has 18 heavy (non-hydrogen) atoms. The smallest absolute Gasteiger partial charge is 0.328 e. The number of aromatic nitrogens is 2. The van der Waals surface area contributed by atoms with E-state index in [4.69, 9.17) is 17.3 Å². The SMILES string of the molecule is CCCn1ccn(Cc2ccc(Cl)cc2N)c1=O. The molecular weight excluding hydrogens is 250 g/mol. The summed E-state index contributed by atoms with van der Waals surface area (Å²) in [5, 5.41) is 0.604. The number of nitrogens with zero attached hydrogens (tertiary/aromatic N) is 2. The highest BCUT2D eigenvalue weighted by atomic mass is 35.5. The van der Waals surface area contributed by atoms with Gasteiger partial charge < -0.3 is 5.73 Å². The fraction of sp³-hybridized carbons (Fsp3) is 0.308. The number of rotatable bonds is 4. The first-order valence-corrected chi connectivity index (χ1v) is 6.29.